The molecule has 0 aliphatic carbocycles. The first-order chi connectivity index (χ1) is 11.9. The van der Waals surface area contributed by atoms with Gasteiger partial charge in [0.2, 0.25) is 5.91 Å². The summed E-state index contributed by atoms with van der Waals surface area (Å²) >= 11 is 1.28. The first-order valence-corrected chi connectivity index (χ1v) is 9.06. The van der Waals surface area contributed by atoms with Crippen LogP contribution in [0.2, 0.25) is 0 Å². The number of nitrogens with one attached hydrogen (secondary N) is 1. The number of carboxylic acid groups (broad SMARTS) is 1. The van der Waals surface area contributed by atoms with Crippen LogP contribution in [0.15, 0.2) is 24.3 Å². The van der Waals surface area contributed by atoms with Crippen LogP contribution in [0.3, 0.4) is 0 Å². The zero-order valence-corrected chi connectivity index (χ0v) is 15.3. The molecular formula is C19H21NO4S. The zero-order chi connectivity index (χ0) is 18.1. The molecule has 1 atom stereocenters. The minimum atomic E-state index is -0.970. The first-order valence-electron chi connectivity index (χ1n) is 8.25. The van der Waals surface area contributed by atoms with E-state index in [0.29, 0.717) is 29.3 Å². The van der Waals surface area contributed by atoms with Gasteiger partial charge in [-0.3, -0.25) is 4.79 Å². The van der Waals surface area contributed by atoms with E-state index in [-0.39, 0.29) is 16.7 Å². The van der Waals surface area contributed by atoms with Gasteiger partial charge >= 0.3 is 5.97 Å². The standard InChI is InChI=1S/C19H21NO4S/c1-10(2)8-12-9-14(21)20-16-15(18(19(22)23)25-17(12)16)11-4-6-13(24-3)7-5-11/h4-7,10,12H,8-9H2,1-3H3,(H,20,21)(H,22,23)/t12-/m1/s1. The zero-order valence-electron chi connectivity index (χ0n) is 14.5. The van der Waals surface area contributed by atoms with Crippen LogP contribution >= 0.6 is 11.3 Å². The number of ether oxygens (including phenoxy) is 1. The van der Waals surface area contributed by atoms with Gasteiger partial charge in [-0.1, -0.05) is 26.0 Å². The lowest BCUT2D eigenvalue weighted by Crippen LogP contribution is -2.22. The van der Waals surface area contributed by atoms with Crippen LogP contribution in [0, 0.1) is 5.92 Å². The van der Waals surface area contributed by atoms with E-state index in [1.807, 2.05) is 12.1 Å². The molecular weight excluding hydrogens is 338 g/mol. The summed E-state index contributed by atoms with van der Waals surface area (Å²) in [5, 5.41) is 12.6. The van der Waals surface area contributed by atoms with Gasteiger partial charge in [-0.15, -0.1) is 11.3 Å². The molecule has 0 saturated heterocycles. The molecule has 1 aliphatic rings. The van der Waals surface area contributed by atoms with Gasteiger partial charge in [0, 0.05) is 22.8 Å². The van der Waals surface area contributed by atoms with Crippen LogP contribution in [0.1, 0.15) is 47.2 Å². The van der Waals surface area contributed by atoms with Gasteiger partial charge in [-0.2, -0.15) is 0 Å². The number of thiophene rings is 1. The summed E-state index contributed by atoms with van der Waals surface area (Å²) in [6, 6.07) is 7.24. The van der Waals surface area contributed by atoms with Crippen LogP contribution < -0.4 is 10.1 Å². The lowest BCUT2D eigenvalue weighted by Gasteiger charge is -2.24. The molecule has 25 heavy (non-hydrogen) atoms. The van der Waals surface area contributed by atoms with Gasteiger partial charge in [0.05, 0.1) is 12.8 Å². The van der Waals surface area contributed by atoms with Crippen molar-refractivity contribution in [3.8, 4) is 16.9 Å². The van der Waals surface area contributed by atoms with Gasteiger partial charge in [-0.25, -0.2) is 4.79 Å². The second-order valence-electron chi connectivity index (χ2n) is 6.66. The third kappa shape index (κ3) is 3.39. The van der Waals surface area contributed by atoms with E-state index in [9.17, 15) is 14.7 Å². The Balaban J connectivity index is 2.15. The number of rotatable bonds is 5. The number of benzene rings is 1. The van der Waals surface area contributed by atoms with E-state index in [1.54, 1.807) is 19.2 Å². The van der Waals surface area contributed by atoms with Crippen molar-refractivity contribution in [3.05, 3.63) is 34.0 Å². The molecule has 132 valence electrons. The van der Waals surface area contributed by atoms with E-state index in [4.69, 9.17) is 4.74 Å². The number of fused-ring (bicyclic) bond motifs is 1. The fourth-order valence-electron chi connectivity index (χ4n) is 3.31. The molecule has 1 aromatic carbocycles. The molecule has 0 spiro atoms. The Bertz CT molecular complexity index is 808. The van der Waals surface area contributed by atoms with Gasteiger partial charge in [0.1, 0.15) is 10.6 Å². The topological polar surface area (TPSA) is 75.6 Å². The molecule has 1 aliphatic heterocycles. The van der Waals surface area contributed by atoms with Crippen LogP contribution in [-0.2, 0) is 4.79 Å². The molecule has 5 nitrogen and oxygen atoms in total. The Morgan fingerprint density at radius 3 is 2.60 bits per heavy atom. The Labute approximate surface area is 150 Å². The lowest BCUT2D eigenvalue weighted by molar-refractivity contribution is -0.116. The van der Waals surface area contributed by atoms with Gasteiger partial charge in [0.25, 0.3) is 0 Å². The van der Waals surface area contributed by atoms with Crippen molar-refractivity contribution in [2.45, 2.75) is 32.6 Å². The summed E-state index contributed by atoms with van der Waals surface area (Å²) in [5.41, 5.74) is 2.02. The largest absolute Gasteiger partial charge is 0.497 e. The molecule has 2 N–H and O–H groups in total. The SMILES string of the molecule is COc1ccc(-c2c(C(=O)O)sc3c2NC(=O)C[C@H]3CC(C)C)cc1. The smallest absolute Gasteiger partial charge is 0.346 e. The Morgan fingerprint density at radius 1 is 1.36 bits per heavy atom. The highest BCUT2D eigenvalue weighted by Gasteiger charge is 2.33. The molecule has 2 heterocycles. The molecule has 6 heteroatoms. The quantitative estimate of drug-likeness (QED) is 0.818. The predicted molar refractivity (Wildman–Crippen MR) is 98.7 cm³/mol. The summed E-state index contributed by atoms with van der Waals surface area (Å²) in [5.74, 6) is 0.180. The van der Waals surface area contributed by atoms with E-state index in [0.717, 1.165) is 16.9 Å². The Hall–Kier alpha value is -2.34. The second kappa shape index (κ2) is 6.88. The molecule has 0 bridgehead atoms. The average molecular weight is 359 g/mol. The molecule has 1 aromatic heterocycles. The number of methoxy groups -OCH3 is 1. The summed E-state index contributed by atoms with van der Waals surface area (Å²) in [7, 11) is 1.58. The average Bonchev–Trinajstić information content (AvgIpc) is 2.94. The number of aromatic carboxylic acids is 1. The van der Waals surface area contributed by atoms with Gasteiger partial charge < -0.3 is 15.2 Å². The summed E-state index contributed by atoms with van der Waals surface area (Å²) in [4.78, 5) is 25.3. The van der Waals surface area contributed by atoms with E-state index in [1.165, 1.54) is 11.3 Å². The normalized spacial score (nSPS) is 16.5. The highest BCUT2D eigenvalue weighted by molar-refractivity contribution is 7.15. The lowest BCUT2D eigenvalue weighted by atomic mass is 9.88. The van der Waals surface area contributed by atoms with Crippen molar-refractivity contribution in [3.63, 3.8) is 0 Å². The van der Waals surface area contributed by atoms with Crippen molar-refractivity contribution in [1.82, 2.24) is 0 Å². The summed E-state index contributed by atoms with van der Waals surface area (Å²) in [6.07, 6.45) is 1.27. The maximum absolute atomic E-state index is 12.2. The number of hydrogen-bond donors (Lipinski definition) is 2. The number of anilines is 1. The van der Waals surface area contributed by atoms with Crippen molar-refractivity contribution in [2.24, 2.45) is 5.92 Å². The van der Waals surface area contributed by atoms with Crippen molar-refractivity contribution < 1.29 is 19.4 Å². The molecule has 0 saturated carbocycles. The fourth-order valence-corrected chi connectivity index (χ4v) is 4.54. The van der Waals surface area contributed by atoms with Crippen LogP contribution in [0.5, 0.6) is 5.75 Å². The molecule has 2 aromatic rings. The van der Waals surface area contributed by atoms with E-state index < -0.39 is 5.97 Å². The number of carbonyl (C=O) groups is 2. The maximum atomic E-state index is 12.2. The summed E-state index contributed by atoms with van der Waals surface area (Å²) < 4.78 is 5.17. The molecule has 3 rings (SSSR count). The fraction of sp³-hybridized carbons (Fsp3) is 0.368. The van der Waals surface area contributed by atoms with Crippen molar-refractivity contribution in [2.75, 3.05) is 12.4 Å². The van der Waals surface area contributed by atoms with Crippen LogP contribution in [0.25, 0.3) is 11.1 Å². The minimum absolute atomic E-state index is 0.0531. The van der Waals surface area contributed by atoms with E-state index in [2.05, 4.69) is 19.2 Å². The van der Waals surface area contributed by atoms with Crippen LogP contribution in [-0.4, -0.2) is 24.1 Å². The minimum Gasteiger partial charge on any atom is -0.497 e. The van der Waals surface area contributed by atoms with Crippen molar-refractivity contribution >= 4 is 28.9 Å². The second-order valence-corrected chi connectivity index (χ2v) is 7.71. The highest BCUT2D eigenvalue weighted by Crippen LogP contribution is 2.49. The molecule has 0 unspecified atom stereocenters. The van der Waals surface area contributed by atoms with Crippen molar-refractivity contribution in [1.29, 1.82) is 0 Å². The number of carboxylic acids is 1. The maximum Gasteiger partial charge on any atom is 0.346 e. The monoisotopic (exact) mass is 359 g/mol. The van der Waals surface area contributed by atoms with Gasteiger partial charge in [-0.05, 0) is 30.0 Å². The highest BCUT2D eigenvalue weighted by atomic mass is 32.1. The number of carbonyl (C=O) groups excluding carboxylic acids is 1. The number of amides is 1. The van der Waals surface area contributed by atoms with Gasteiger partial charge in [0.15, 0.2) is 0 Å². The first kappa shape index (κ1) is 17.5. The third-order valence-corrected chi connectivity index (χ3v) is 5.67. The number of hydrogen-bond acceptors (Lipinski definition) is 4. The van der Waals surface area contributed by atoms with Crippen LogP contribution in [0.4, 0.5) is 5.69 Å². The molecule has 0 radical (unpaired) electrons. The molecule has 0 fully saturated rings. The van der Waals surface area contributed by atoms with E-state index >= 15 is 0 Å². The molecule has 1 amide bonds. The summed E-state index contributed by atoms with van der Waals surface area (Å²) in [6.45, 7) is 4.23. The third-order valence-electron chi connectivity index (χ3n) is 4.33. The Morgan fingerprint density at radius 2 is 2.04 bits per heavy atom. The Kier molecular flexibility index (Phi) is 4.81. The predicted octanol–water partition coefficient (Wildman–Crippen LogP) is 4.59.